The number of fused-ring (bicyclic) bond motifs is 6. The minimum Gasteiger partial charge on any atom is -0.310 e. The number of rotatable bonds is 9. The number of hydrogen-bond donors (Lipinski definition) is 0. The maximum absolute atomic E-state index is 2.65. The monoisotopic (exact) mass is 974 g/mol. The first-order valence-electron chi connectivity index (χ1n) is 27.4. The molecule has 0 N–H and O–H groups in total. The molecule has 0 amide bonds. The lowest BCUT2D eigenvalue weighted by Crippen LogP contribution is -2.34. The Kier molecular flexibility index (Phi) is 10.3. The van der Waals surface area contributed by atoms with Crippen LogP contribution in [0.4, 0.5) is 34.1 Å². The Morgan fingerprint density at radius 2 is 0.829 bits per heavy atom. The summed E-state index contributed by atoms with van der Waals surface area (Å²) in [5, 5.41) is 2.46. The molecule has 3 unspecified atom stereocenters. The molecule has 2 heteroatoms. The fraction of sp³-hybridized carbons (Fsp3) is 0.135. The van der Waals surface area contributed by atoms with Crippen LogP contribution in [-0.2, 0) is 23.7 Å². The highest BCUT2D eigenvalue weighted by atomic mass is 15.2. The average molecular weight is 975 g/mol. The Morgan fingerprint density at radius 1 is 0.342 bits per heavy atom. The maximum atomic E-state index is 2.65. The zero-order chi connectivity index (χ0) is 50.5. The molecule has 11 aromatic rings. The van der Waals surface area contributed by atoms with E-state index in [4.69, 9.17) is 0 Å². The van der Waals surface area contributed by atoms with E-state index < -0.39 is 0 Å². The van der Waals surface area contributed by atoms with Crippen LogP contribution in [-0.4, -0.2) is 0 Å². The molecule has 0 saturated heterocycles. The van der Waals surface area contributed by atoms with Crippen LogP contribution in [0.2, 0.25) is 0 Å². The number of benzene rings is 11. The van der Waals surface area contributed by atoms with Gasteiger partial charge in [-0.2, -0.15) is 0 Å². The summed E-state index contributed by atoms with van der Waals surface area (Å²) in [7, 11) is 0. The molecule has 0 aliphatic heterocycles. The van der Waals surface area contributed by atoms with Crippen molar-refractivity contribution < 1.29 is 0 Å². The topological polar surface area (TPSA) is 6.48 Å². The van der Waals surface area contributed by atoms with Crippen molar-refractivity contribution in [3.05, 3.63) is 288 Å². The Hall–Kier alpha value is -8.72. The highest BCUT2D eigenvalue weighted by molar-refractivity contribution is 6.00. The van der Waals surface area contributed by atoms with Gasteiger partial charge in [-0.3, -0.25) is 0 Å². The van der Waals surface area contributed by atoms with Gasteiger partial charge in [0.1, 0.15) is 0 Å². The Morgan fingerprint density at radius 3 is 1.46 bits per heavy atom. The smallest absolute Gasteiger partial charge is 0.0546 e. The van der Waals surface area contributed by atoms with Crippen LogP contribution in [0.1, 0.15) is 60.1 Å². The first kappa shape index (κ1) is 44.7. The second-order valence-corrected chi connectivity index (χ2v) is 22.3. The van der Waals surface area contributed by atoms with Gasteiger partial charge in [0.25, 0.3) is 0 Å². The molecule has 0 bridgehead atoms. The SMILES string of the molecule is CC1(C)c2ccccc2-c2c(-c3ccccc3)cc(N(c3ccccc3)c3cccc4c3C35c6c(cccc6N(c6ccccc6)c6cc7ccccc7cc6-c6ccc(-c7ccccc7)cc6)CC3CCC5C4)cc21. The van der Waals surface area contributed by atoms with Crippen LogP contribution in [0, 0.1) is 11.8 Å². The predicted octanol–water partition coefficient (Wildman–Crippen LogP) is 19.5. The van der Waals surface area contributed by atoms with Gasteiger partial charge in [-0.15, -0.1) is 0 Å². The van der Waals surface area contributed by atoms with Gasteiger partial charge in [0.15, 0.2) is 0 Å². The van der Waals surface area contributed by atoms with E-state index in [-0.39, 0.29) is 10.8 Å². The van der Waals surface area contributed by atoms with Gasteiger partial charge in [-0.1, -0.05) is 208 Å². The van der Waals surface area contributed by atoms with E-state index in [0.29, 0.717) is 11.8 Å². The zero-order valence-corrected chi connectivity index (χ0v) is 43.1. The first-order valence-corrected chi connectivity index (χ1v) is 27.4. The normalized spacial score (nSPS) is 18.1. The molecule has 1 fully saturated rings. The second kappa shape index (κ2) is 17.4. The zero-order valence-electron chi connectivity index (χ0n) is 43.1. The molecular formula is C74H58N2. The summed E-state index contributed by atoms with van der Waals surface area (Å²) in [4.78, 5) is 5.29. The molecule has 3 atom stereocenters. The average Bonchev–Trinajstić information content (AvgIpc) is 4.22. The molecule has 0 aromatic heterocycles. The van der Waals surface area contributed by atoms with E-state index >= 15 is 0 Å². The summed E-state index contributed by atoms with van der Waals surface area (Å²) in [6.45, 7) is 4.85. The van der Waals surface area contributed by atoms with Crippen LogP contribution in [0.5, 0.6) is 0 Å². The lowest BCUT2D eigenvalue weighted by Gasteiger charge is -2.40. The van der Waals surface area contributed by atoms with E-state index in [2.05, 4.69) is 278 Å². The molecule has 15 rings (SSSR count). The molecule has 1 saturated carbocycles. The fourth-order valence-corrected chi connectivity index (χ4v) is 14.9. The summed E-state index contributed by atoms with van der Waals surface area (Å²) in [5.41, 5.74) is 25.7. The van der Waals surface area contributed by atoms with E-state index in [1.807, 2.05) is 0 Å². The van der Waals surface area contributed by atoms with Gasteiger partial charge in [-0.25, -0.2) is 0 Å². The van der Waals surface area contributed by atoms with Crippen LogP contribution in [0.3, 0.4) is 0 Å². The van der Waals surface area contributed by atoms with Gasteiger partial charge in [-0.05, 0) is 181 Å². The third kappa shape index (κ3) is 6.72. The molecule has 4 aliphatic carbocycles. The van der Waals surface area contributed by atoms with Gasteiger partial charge in [0.05, 0.1) is 17.1 Å². The van der Waals surface area contributed by atoms with Crippen molar-refractivity contribution in [2.75, 3.05) is 9.80 Å². The first-order chi connectivity index (χ1) is 37.4. The summed E-state index contributed by atoms with van der Waals surface area (Å²) in [6, 6.07) is 96.0. The molecular weight excluding hydrogens is 917 g/mol. The van der Waals surface area contributed by atoms with Crippen molar-refractivity contribution >= 4 is 44.9 Å². The van der Waals surface area contributed by atoms with Crippen LogP contribution in [0.25, 0.3) is 55.3 Å². The van der Waals surface area contributed by atoms with E-state index in [9.17, 15) is 0 Å². The fourth-order valence-electron chi connectivity index (χ4n) is 14.9. The molecule has 76 heavy (non-hydrogen) atoms. The summed E-state index contributed by atoms with van der Waals surface area (Å²) >= 11 is 0. The van der Waals surface area contributed by atoms with Crippen molar-refractivity contribution in [3.63, 3.8) is 0 Å². The lowest BCUT2D eigenvalue weighted by atomic mass is 9.68. The van der Waals surface area contributed by atoms with E-state index in [1.54, 1.807) is 0 Å². The quantitative estimate of drug-likeness (QED) is 0.142. The van der Waals surface area contributed by atoms with Crippen LogP contribution < -0.4 is 9.80 Å². The van der Waals surface area contributed by atoms with Gasteiger partial charge in [0.2, 0.25) is 0 Å². The lowest BCUT2D eigenvalue weighted by molar-refractivity contribution is 0.350. The van der Waals surface area contributed by atoms with E-state index in [1.165, 1.54) is 130 Å². The molecule has 0 heterocycles. The summed E-state index contributed by atoms with van der Waals surface area (Å²) < 4.78 is 0. The molecule has 1 spiro atoms. The predicted molar refractivity (Wildman–Crippen MR) is 318 cm³/mol. The van der Waals surface area contributed by atoms with Crippen molar-refractivity contribution in [1.29, 1.82) is 0 Å². The standard InChI is InChI=1S/C74H58N2/c1-73(2)65-34-18-17-33-62(65)70-64(51-23-9-4-10-24-51)47-61(48-66(70)73)75(59-29-11-5-12-30-59)67-35-19-27-55-43-57-41-42-58-44-56-28-20-36-68(72(56)74(57,58)71(55)67)76(60-31-13-6-14-32-60)69-46-54-26-16-15-25-53(54)45-63(69)52-39-37-50(38-40-52)49-21-7-3-8-22-49/h3-40,45-48,57-58H,41-44H2,1-2H3. The number of anilines is 6. The van der Waals surface area contributed by atoms with E-state index in [0.717, 1.165) is 18.5 Å². The van der Waals surface area contributed by atoms with Gasteiger partial charge in [0, 0.05) is 33.5 Å². The minimum absolute atomic E-state index is 0.196. The number of nitrogens with zero attached hydrogens (tertiary/aromatic N) is 2. The van der Waals surface area contributed by atoms with Crippen molar-refractivity contribution in [2.24, 2.45) is 11.8 Å². The highest BCUT2D eigenvalue weighted by Gasteiger charge is 2.62. The largest absolute Gasteiger partial charge is 0.310 e. The van der Waals surface area contributed by atoms with Crippen molar-refractivity contribution in [2.45, 2.75) is 50.4 Å². The third-order valence-corrected chi connectivity index (χ3v) is 18.1. The molecule has 4 aliphatic rings. The number of hydrogen-bond acceptors (Lipinski definition) is 2. The summed E-state index contributed by atoms with van der Waals surface area (Å²) in [6.07, 6.45) is 4.55. The third-order valence-electron chi connectivity index (χ3n) is 18.1. The molecule has 2 nitrogen and oxygen atoms in total. The maximum Gasteiger partial charge on any atom is 0.0546 e. The minimum atomic E-state index is -0.221. The Balaban J connectivity index is 0.972. The Labute approximate surface area is 447 Å². The summed E-state index contributed by atoms with van der Waals surface area (Å²) in [5.74, 6) is 0.919. The van der Waals surface area contributed by atoms with Crippen LogP contribution >= 0.6 is 0 Å². The number of para-hydroxylation sites is 2. The Bertz CT molecular complexity index is 4020. The van der Waals surface area contributed by atoms with Crippen LogP contribution in [0.15, 0.2) is 255 Å². The van der Waals surface area contributed by atoms with Crippen molar-refractivity contribution in [3.8, 4) is 44.5 Å². The second-order valence-electron chi connectivity index (χ2n) is 22.3. The van der Waals surface area contributed by atoms with Gasteiger partial charge < -0.3 is 9.80 Å². The molecule has 364 valence electrons. The van der Waals surface area contributed by atoms with Crippen molar-refractivity contribution in [1.82, 2.24) is 0 Å². The van der Waals surface area contributed by atoms with Gasteiger partial charge >= 0.3 is 0 Å². The molecule has 0 radical (unpaired) electrons. The highest BCUT2D eigenvalue weighted by Crippen LogP contribution is 2.69. The molecule has 11 aromatic carbocycles.